The number of carbonyl (C=O) groups excluding carboxylic acids is 1. The van der Waals surface area contributed by atoms with Crippen LogP contribution in [0.4, 0.5) is 4.39 Å². The van der Waals surface area contributed by atoms with Crippen molar-refractivity contribution < 1.29 is 23.2 Å². The molecule has 1 fully saturated rings. The maximum absolute atomic E-state index is 13.5. The van der Waals surface area contributed by atoms with Gasteiger partial charge in [0.15, 0.2) is 0 Å². The van der Waals surface area contributed by atoms with E-state index in [1.165, 1.54) is 12.1 Å². The van der Waals surface area contributed by atoms with Gasteiger partial charge in [-0.2, -0.15) is 0 Å². The summed E-state index contributed by atoms with van der Waals surface area (Å²) in [7, 11) is -0.603. The number of rotatable bonds is 5. The molecule has 0 aliphatic carbocycles. The van der Waals surface area contributed by atoms with Gasteiger partial charge in [0.1, 0.15) is 5.82 Å². The summed E-state index contributed by atoms with van der Waals surface area (Å²) < 4.78 is 31.0. The lowest BCUT2D eigenvalue weighted by molar-refractivity contribution is -0.143. The summed E-state index contributed by atoms with van der Waals surface area (Å²) in [6, 6.07) is 4.55. The van der Waals surface area contributed by atoms with Crippen molar-refractivity contribution in [1.29, 1.82) is 0 Å². The van der Waals surface area contributed by atoms with Crippen LogP contribution in [-0.4, -0.2) is 35.9 Å². The molecule has 5 nitrogen and oxygen atoms in total. The van der Waals surface area contributed by atoms with Gasteiger partial charge in [0, 0.05) is 22.9 Å². The molecule has 1 aliphatic rings. The maximum Gasteiger partial charge on any atom is 0.466 e. The SMILES string of the molecule is CCOC(=O)CC(B1OC(C)(C)C(C)(C)O1)c1c[nH]c2cc(F)ccc12. The number of esters is 1. The van der Waals surface area contributed by atoms with Crippen LogP contribution in [0.1, 0.15) is 52.4 Å². The largest absolute Gasteiger partial charge is 0.466 e. The highest BCUT2D eigenvalue weighted by molar-refractivity contribution is 6.48. The Morgan fingerprint density at radius 1 is 1.27 bits per heavy atom. The van der Waals surface area contributed by atoms with Crippen molar-refractivity contribution in [3.05, 3.63) is 35.8 Å². The van der Waals surface area contributed by atoms with Gasteiger partial charge < -0.3 is 19.0 Å². The van der Waals surface area contributed by atoms with Crippen LogP contribution in [0.3, 0.4) is 0 Å². The van der Waals surface area contributed by atoms with E-state index in [1.54, 1.807) is 19.2 Å². The van der Waals surface area contributed by atoms with E-state index in [2.05, 4.69) is 4.98 Å². The van der Waals surface area contributed by atoms with E-state index >= 15 is 0 Å². The average Bonchev–Trinajstić information content (AvgIpc) is 3.03. The van der Waals surface area contributed by atoms with Crippen molar-refractivity contribution in [2.45, 2.75) is 58.1 Å². The summed E-state index contributed by atoms with van der Waals surface area (Å²) in [5, 5.41) is 0.843. The molecule has 1 aromatic heterocycles. The summed E-state index contributed by atoms with van der Waals surface area (Å²) in [4.78, 5) is 15.3. The van der Waals surface area contributed by atoms with Crippen molar-refractivity contribution in [3.63, 3.8) is 0 Å². The molecule has 7 heteroatoms. The second-order valence-electron chi connectivity index (χ2n) is 7.67. The van der Waals surface area contributed by atoms with Gasteiger partial charge in [0.2, 0.25) is 0 Å². The van der Waals surface area contributed by atoms with Gasteiger partial charge in [-0.3, -0.25) is 4.79 Å². The molecule has 1 N–H and O–H groups in total. The number of carbonyl (C=O) groups is 1. The minimum absolute atomic E-state index is 0.120. The van der Waals surface area contributed by atoms with E-state index in [-0.39, 0.29) is 24.0 Å². The molecule has 2 aromatic rings. The molecular weight excluding hydrogens is 336 g/mol. The molecule has 0 radical (unpaired) electrons. The molecule has 26 heavy (non-hydrogen) atoms. The minimum atomic E-state index is -0.603. The Morgan fingerprint density at radius 2 is 1.92 bits per heavy atom. The van der Waals surface area contributed by atoms with Crippen molar-refractivity contribution in [2.75, 3.05) is 6.61 Å². The predicted molar refractivity (Wildman–Crippen MR) is 98.3 cm³/mol. The van der Waals surface area contributed by atoms with Crippen molar-refractivity contribution in [1.82, 2.24) is 4.98 Å². The fourth-order valence-electron chi connectivity index (χ4n) is 3.23. The van der Waals surface area contributed by atoms with E-state index < -0.39 is 18.3 Å². The Labute approximate surface area is 153 Å². The summed E-state index contributed by atoms with van der Waals surface area (Å²) >= 11 is 0. The minimum Gasteiger partial charge on any atom is -0.466 e. The van der Waals surface area contributed by atoms with Crippen LogP contribution in [0.2, 0.25) is 0 Å². The molecule has 0 amide bonds. The number of fused-ring (bicyclic) bond motifs is 1. The molecule has 1 aliphatic heterocycles. The summed E-state index contributed by atoms with van der Waals surface area (Å²) in [6.07, 6.45) is 1.91. The second kappa shape index (κ2) is 6.70. The van der Waals surface area contributed by atoms with Crippen LogP contribution in [-0.2, 0) is 18.8 Å². The van der Waals surface area contributed by atoms with E-state index in [9.17, 15) is 9.18 Å². The molecule has 0 saturated carbocycles. The molecule has 1 saturated heterocycles. The zero-order chi connectivity index (χ0) is 19.1. The smallest absolute Gasteiger partial charge is 0.466 e. The molecule has 1 atom stereocenters. The topological polar surface area (TPSA) is 60.6 Å². The summed E-state index contributed by atoms with van der Waals surface area (Å²) in [5.41, 5.74) is 0.503. The molecule has 1 aromatic carbocycles. The van der Waals surface area contributed by atoms with Gasteiger partial charge in [0.05, 0.1) is 24.2 Å². The molecule has 2 heterocycles. The molecule has 3 rings (SSSR count). The number of nitrogens with one attached hydrogen (secondary N) is 1. The summed E-state index contributed by atoms with van der Waals surface area (Å²) in [6.45, 7) is 9.97. The molecule has 1 unspecified atom stereocenters. The van der Waals surface area contributed by atoms with Gasteiger partial charge in [-0.05, 0) is 58.4 Å². The van der Waals surface area contributed by atoms with Crippen LogP contribution < -0.4 is 0 Å². The van der Waals surface area contributed by atoms with Gasteiger partial charge in [-0.25, -0.2) is 4.39 Å². The number of aromatic amines is 1. The first-order valence-corrected chi connectivity index (χ1v) is 8.92. The third-order valence-electron chi connectivity index (χ3n) is 5.37. The number of ether oxygens (including phenoxy) is 1. The maximum atomic E-state index is 13.5. The second-order valence-corrected chi connectivity index (χ2v) is 7.67. The highest BCUT2D eigenvalue weighted by Crippen LogP contribution is 2.43. The van der Waals surface area contributed by atoms with Crippen LogP contribution in [0.25, 0.3) is 10.9 Å². The van der Waals surface area contributed by atoms with Gasteiger partial charge in [0.25, 0.3) is 0 Å². The van der Waals surface area contributed by atoms with E-state index in [0.29, 0.717) is 12.1 Å². The molecule has 0 spiro atoms. The quantitative estimate of drug-likeness (QED) is 0.647. The monoisotopic (exact) mass is 361 g/mol. The Morgan fingerprint density at radius 3 is 2.54 bits per heavy atom. The molecule has 140 valence electrons. The average molecular weight is 361 g/mol. The highest BCUT2D eigenvalue weighted by Gasteiger charge is 2.54. The van der Waals surface area contributed by atoms with Crippen LogP contribution in [0.15, 0.2) is 24.4 Å². The van der Waals surface area contributed by atoms with Crippen molar-refractivity contribution in [2.24, 2.45) is 0 Å². The Kier molecular flexibility index (Phi) is 4.88. The lowest BCUT2D eigenvalue weighted by Gasteiger charge is -2.32. The standard InChI is InChI=1S/C19H25BFNO4/c1-6-24-17(23)10-15(20-25-18(2,3)19(4,5)26-20)14-11-22-16-9-12(21)7-8-13(14)16/h7-9,11,15,22H,6,10H2,1-5H3. The van der Waals surface area contributed by atoms with Crippen molar-refractivity contribution in [3.8, 4) is 0 Å². The lowest BCUT2D eigenvalue weighted by atomic mass is 9.66. The number of aromatic nitrogens is 1. The number of H-pyrrole nitrogens is 1. The first kappa shape index (κ1) is 18.9. The third-order valence-corrected chi connectivity index (χ3v) is 5.37. The highest BCUT2D eigenvalue weighted by atomic mass is 19.1. The predicted octanol–water partition coefficient (Wildman–Crippen LogP) is 3.98. The first-order valence-electron chi connectivity index (χ1n) is 8.92. The Hall–Kier alpha value is -1.86. The zero-order valence-electron chi connectivity index (χ0n) is 15.9. The van der Waals surface area contributed by atoms with Crippen LogP contribution >= 0.6 is 0 Å². The Balaban J connectivity index is 1.99. The zero-order valence-corrected chi connectivity index (χ0v) is 15.9. The number of hydrogen-bond acceptors (Lipinski definition) is 4. The van der Waals surface area contributed by atoms with Gasteiger partial charge in [-0.1, -0.05) is 0 Å². The fourth-order valence-corrected chi connectivity index (χ4v) is 3.23. The third kappa shape index (κ3) is 3.38. The normalized spacial score (nSPS) is 19.7. The first-order chi connectivity index (χ1) is 12.1. The lowest BCUT2D eigenvalue weighted by Crippen LogP contribution is -2.41. The van der Waals surface area contributed by atoms with E-state index in [4.69, 9.17) is 14.0 Å². The molecule has 0 bridgehead atoms. The number of benzene rings is 1. The van der Waals surface area contributed by atoms with Crippen LogP contribution in [0, 0.1) is 5.82 Å². The Bertz CT molecular complexity index is 801. The van der Waals surface area contributed by atoms with Gasteiger partial charge in [-0.15, -0.1) is 0 Å². The van der Waals surface area contributed by atoms with Gasteiger partial charge >= 0.3 is 13.1 Å². The van der Waals surface area contributed by atoms with E-state index in [1.807, 2.05) is 27.7 Å². The number of hydrogen-bond donors (Lipinski definition) is 1. The van der Waals surface area contributed by atoms with E-state index in [0.717, 1.165) is 10.9 Å². The number of halogens is 1. The fraction of sp³-hybridized carbons (Fsp3) is 0.526. The van der Waals surface area contributed by atoms with Crippen LogP contribution in [0.5, 0.6) is 0 Å². The molecular formula is C19H25BFNO4. The van der Waals surface area contributed by atoms with Crippen molar-refractivity contribution >= 4 is 24.0 Å². The summed E-state index contributed by atoms with van der Waals surface area (Å²) in [5.74, 6) is -0.999.